The molecular weight excluding hydrogens is 144 g/mol. The van der Waals surface area contributed by atoms with Gasteiger partial charge in [0, 0.05) is 0 Å². The maximum absolute atomic E-state index is 8.54. The minimum Gasteiger partial charge on any atom is -0.411 e. The smallest absolute Gasteiger partial charge is 0.106 e. The van der Waals surface area contributed by atoms with Gasteiger partial charge in [-0.1, -0.05) is 10.3 Å². The zero-order valence-electron chi connectivity index (χ0n) is 6.58. The van der Waals surface area contributed by atoms with Crippen molar-refractivity contribution >= 4 is 11.4 Å². The van der Waals surface area contributed by atoms with Crippen LogP contribution in [-0.2, 0) is 4.84 Å². The van der Waals surface area contributed by atoms with Gasteiger partial charge in [-0.15, -0.1) is 0 Å². The molecular formula is C7H12N2O2. The third kappa shape index (κ3) is 1.93. The van der Waals surface area contributed by atoms with E-state index in [1.165, 1.54) is 7.11 Å². The zero-order valence-corrected chi connectivity index (χ0v) is 6.58. The van der Waals surface area contributed by atoms with Crippen molar-refractivity contribution < 1.29 is 10.0 Å². The standard InChI is InChI=1S/C7H12N2O2/c1-11-9-7-5-3-2-4-6(7)8-10/h10H,2-5H2,1H3. The first kappa shape index (κ1) is 8.04. The van der Waals surface area contributed by atoms with E-state index < -0.39 is 0 Å². The molecule has 0 aromatic rings. The molecule has 1 fully saturated rings. The van der Waals surface area contributed by atoms with Crippen LogP contribution >= 0.6 is 0 Å². The van der Waals surface area contributed by atoms with Crippen LogP contribution in [0.3, 0.4) is 0 Å². The average molecular weight is 156 g/mol. The topological polar surface area (TPSA) is 54.2 Å². The molecule has 1 aliphatic rings. The van der Waals surface area contributed by atoms with E-state index in [4.69, 9.17) is 5.21 Å². The van der Waals surface area contributed by atoms with Crippen LogP contribution in [0.2, 0.25) is 0 Å². The molecule has 0 amide bonds. The largest absolute Gasteiger partial charge is 0.411 e. The quantitative estimate of drug-likeness (QED) is 0.460. The molecule has 62 valence electrons. The number of nitrogens with zero attached hydrogens (tertiary/aromatic N) is 2. The maximum Gasteiger partial charge on any atom is 0.106 e. The Morgan fingerprint density at radius 2 is 1.91 bits per heavy atom. The number of hydrogen-bond donors (Lipinski definition) is 1. The zero-order chi connectivity index (χ0) is 8.10. The predicted octanol–water partition coefficient (Wildman–Crippen LogP) is 1.39. The van der Waals surface area contributed by atoms with Crippen molar-refractivity contribution in [1.82, 2.24) is 0 Å². The van der Waals surface area contributed by atoms with Crippen LogP contribution < -0.4 is 0 Å². The minimum atomic E-state index is 0.665. The molecule has 1 aliphatic carbocycles. The summed E-state index contributed by atoms with van der Waals surface area (Å²) in [5, 5.41) is 15.5. The first-order chi connectivity index (χ1) is 5.38. The molecule has 1 rings (SSSR count). The SMILES string of the molecule is CON=C1CCCCC1=NO. The first-order valence-corrected chi connectivity index (χ1v) is 3.70. The van der Waals surface area contributed by atoms with Gasteiger partial charge in [-0.05, 0) is 25.7 Å². The Morgan fingerprint density at radius 1 is 1.27 bits per heavy atom. The lowest BCUT2D eigenvalue weighted by Crippen LogP contribution is -2.19. The summed E-state index contributed by atoms with van der Waals surface area (Å²) in [5.41, 5.74) is 1.44. The summed E-state index contributed by atoms with van der Waals surface area (Å²) in [6.07, 6.45) is 3.83. The van der Waals surface area contributed by atoms with Crippen molar-refractivity contribution in [2.75, 3.05) is 7.11 Å². The lowest BCUT2D eigenvalue weighted by Gasteiger charge is -2.12. The molecule has 11 heavy (non-hydrogen) atoms. The summed E-state index contributed by atoms with van der Waals surface area (Å²) < 4.78 is 0. The summed E-state index contributed by atoms with van der Waals surface area (Å²) in [5.74, 6) is 0. The van der Waals surface area contributed by atoms with Crippen LogP contribution in [0.1, 0.15) is 25.7 Å². The highest BCUT2D eigenvalue weighted by Crippen LogP contribution is 2.13. The molecule has 0 saturated heterocycles. The van der Waals surface area contributed by atoms with Gasteiger partial charge in [-0.2, -0.15) is 0 Å². The molecule has 0 aliphatic heterocycles. The fraction of sp³-hybridized carbons (Fsp3) is 0.714. The van der Waals surface area contributed by atoms with E-state index in [1.54, 1.807) is 0 Å². The van der Waals surface area contributed by atoms with Crippen molar-refractivity contribution in [2.24, 2.45) is 10.3 Å². The van der Waals surface area contributed by atoms with Gasteiger partial charge >= 0.3 is 0 Å². The summed E-state index contributed by atoms with van der Waals surface area (Å²) in [6.45, 7) is 0. The lowest BCUT2D eigenvalue weighted by atomic mass is 9.97. The average Bonchev–Trinajstić information content (AvgIpc) is 2.06. The lowest BCUT2D eigenvalue weighted by molar-refractivity contribution is 0.213. The second-order valence-electron chi connectivity index (χ2n) is 2.47. The Morgan fingerprint density at radius 3 is 2.45 bits per heavy atom. The fourth-order valence-corrected chi connectivity index (χ4v) is 1.19. The van der Waals surface area contributed by atoms with Crippen molar-refractivity contribution in [3.8, 4) is 0 Å². The molecule has 4 heteroatoms. The first-order valence-electron chi connectivity index (χ1n) is 3.70. The van der Waals surface area contributed by atoms with E-state index in [0.29, 0.717) is 5.71 Å². The third-order valence-corrected chi connectivity index (χ3v) is 1.73. The predicted molar refractivity (Wildman–Crippen MR) is 42.1 cm³/mol. The molecule has 0 heterocycles. The van der Waals surface area contributed by atoms with E-state index in [9.17, 15) is 0 Å². The molecule has 1 saturated carbocycles. The summed E-state index contributed by atoms with van der Waals surface area (Å²) in [6, 6.07) is 0. The van der Waals surface area contributed by atoms with Crippen molar-refractivity contribution in [3.63, 3.8) is 0 Å². The summed E-state index contributed by atoms with van der Waals surface area (Å²) in [7, 11) is 1.50. The Labute approximate surface area is 65.5 Å². The highest BCUT2D eigenvalue weighted by molar-refractivity contribution is 6.42. The van der Waals surface area contributed by atoms with Gasteiger partial charge in [0.1, 0.15) is 18.5 Å². The van der Waals surface area contributed by atoms with Gasteiger partial charge in [0.05, 0.1) is 0 Å². The highest BCUT2D eigenvalue weighted by atomic mass is 16.6. The van der Waals surface area contributed by atoms with Gasteiger partial charge < -0.3 is 10.0 Å². The van der Waals surface area contributed by atoms with Gasteiger partial charge in [0.15, 0.2) is 0 Å². The maximum atomic E-state index is 8.54. The molecule has 0 radical (unpaired) electrons. The van der Waals surface area contributed by atoms with E-state index >= 15 is 0 Å². The Hall–Kier alpha value is -1.06. The van der Waals surface area contributed by atoms with Crippen LogP contribution in [-0.4, -0.2) is 23.7 Å². The highest BCUT2D eigenvalue weighted by Gasteiger charge is 2.15. The van der Waals surface area contributed by atoms with E-state index in [-0.39, 0.29) is 0 Å². The summed E-state index contributed by atoms with van der Waals surface area (Å²) in [4.78, 5) is 4.61. The van der Waals surface area contributed by atoms with Crippen molar-refractivity contribution in [3.05, 3.63) is 0 Å². The molecule has 0 aromatic carbocycles. The van der Waals surface area contributed by atoms with E-state index in [1.807, 2.05) is 0 Å². The van der Waals surface area contributed by atoms with E-state index in [2.05, 4.69) is 15.1 Å². The van der Waals surface area contributed by atoms with E-state index in [0.717, 1.165) is 31.4 Å². The second kappa shape index (κ2) is 3.95. The third-order valence-electron chi connectivity index (χ3n) is 1.73. The normalized spacial score (nSPS) is 25.9. The molecule has 0 atom stereocenters. The van der Waals surface area contributed by atoms with Crippen LogP contribution in [0.15, 0.2) is 10.3 Å². The molecule has 4 nitrogen and oxygen atoms in total. The van der Waals surface area contributed by atoms with Crippen LogP contribution in [0.4, 0.5) is 0 Å². The monoisotopic (exact) mass is 156 g/mol. The molecule has 1 N–H and O–H groups in total. The van der Waals surface area contributed by atoms with Crippen LogP contribution in [0.25, 0.3) is 0 Å². The van der Waals surface area contributed by atoms with Gasteiger partial charge in [-0.3, -0.25) is 0 Å². The molecule has 0 unspecified atom stereocenters. The van der Waals surface area contributed by atoms with Crippen molar-refractivity contribution in [2.45, 2.75) is 25.7 Å². The number of hydrogen-bond acceptors (Lipinski definition) is 4. The van der Waals surface area contributed by atoms with Gasteiger partial charge in [-0.25, -0.2) is 0 Å². The Balaban J connectivity index is 2.67. The minimum absolute atomic E-state index is 0.665. The number of rotatable bonds is 1. The Kier molecular flexibility index (Phi) is 2.89. The summed E-state index contributed by atoms with van der Waals surface area (Å²) >= 11 is 0. The van der Waals surface area contributed by atoms with Crippen molar-refractivity contribution in [1.29, 1.82) is 0 Å². The molecule has 0 spiro atoms. The molecule has 0 aromatic heterocycles. The second-order valence-corrected chi connectivity index (χ2v) is 2.47. The van der Waals surface area contributed by atoms with Gasteiger partial charge in [0.2, 0.25) is 0 Å². The van der Waals surface area contributed by atoms with Crippen LogP contribution in [0.5, 0.6) is 0 Å². The van der Waals surface area contributed by atoms with Gasteiger partial charge in [0.25, 0.3) is 0 Å². The molecule has 0 bridgehead atoms. The number of oxime groups is 2. The fourth-order valence-electron chi connectivity index (χ4n) is 1.19. The Bertz CT molecular complexity index is 187. The van der Waals surface area contributed by atoms with Crippen LogP contribution in [0, 0.1) is 0 Å².